The summed E-state index contributed by atoms with van der Waals surface area (Å²) in [5.41, 5.74) is 1.46. The number of aryl methyl sites for hydroxylation is 2. The zero-order valence-corrected chi connectivity index (χ0v) is 15.4. The fourth-order valence-electron chi connectivity index (χ4n) is 3.67. The fourth-order valence-corrected chi connectivity index (χ4v) is 3.67. The van der Waals surface area contributed by atoms with Crippen molar-refractivity contribution in [2.24, 2.45) is 0 Å². The summed E-state index contributed by atoms with van der Waals surface area (Å²) < 4.78 is 7.65. The monoisotopic (exact) mass is 369 g/mol. The van der Waals surface area contributed by atoms with Crippen molar-refractivity contribution in [1.82, 2.24) is 14.5 Å². The molecule has 0 unspecified atom stereocenters. The third-order valence-electron chi connectivity index (χ3n) is 5.42. The predicted molar refractivity (Wildman–Crippen MR) is 98.9 cm³/mol. The molecule has 0 saturated carbocycles. The van der Waals surface area contributed by atoms with Gasteiger partial charge in [0.2, 0.25) is 0 Å². The summed E-state index contributed by atoms with van der Waals surface area (Å²) in [5, 5.41) is 33.4. The number of hydrogen-bond donors (Lipinski definition) is 3. The molecule has 1 aromatic carbocycles. The van der Waals surface area contributed by atoms with Crippen LogP contribution in [0.25, 0.3) is 11.0 Å². The van der Waals surface area contributed by atoms with Crippen LogP contribution in [0.3, 0.4) is 0 Å². The first kappa shape index (κ1) is 18.1. The highest BCUT2D eigenvalue weighted by Gasteiger charge is 2.55. The Morgan fingerprint density at radius 2 is 1.85 bits per heavy atom. The van der Waals surface area contributed by atoms with Crippen molar-refractivity contribution in [2.45, 2.75) is 50.9 Å². The van der Waals surface area contributed by atoms with E-state index in [4.69, 9.17) is 4.74 Å². The maximum absolute atomic E-state index is 10.9. The van der Waals surface area contributed by atoms with Crippen molar-refractivity contribution in [2.75, 3.05) is 0 Å². The van der Waals surface area contributed by atoms with Crippen LogP contribution in [0.15, 0.2) is 42.9 Å². The van der Waals surface area contributed by atoms with E-state index in [1.165, 1.54) is 13.3 Å². The Bertz CT molecular complexity index is 967. The van der Waals surface area contributed by atoms with Crippen LogP contribution < -0.4 is 0 Å². The topological polar surface area (TPSA) is 101 Å². The molecule has 1 aliphatic rings. The van der Waals surface area contributed by atoms with Gasteiger partial charge in [-0.15, -0.1) is 0 Å². The zero-order valence-electron chi connectivity index (χ0n) is 15.4. The molecule has 3 aromatic rings. The van der Waals surface area contributed by atoms with Crippen LogP contribution in [0.5, 0.6) is 0 Å². The lowest BCUT2D eigenvalue weighted by atomic mass is 9.88. The van der Waals surface area contributed by atoms with Crippen LogP contribution in [0.1, 0.15) is 36.1 Å². The molecule has 0 amide bonds. The minimum Gasteiger partial charge on any atom is -0.386 e. The van der Waals surface area contributed by atoms with Crippen LogP contribution in [-0.4, -0.2) is 47.7 Å². The summed E-state index contributed by atoms with van der Waals surface area (Å²) >= 11 is 0. The molecule has 27 heavy (non-hydrogen) atoms. The zero-order chi connectivity index (χ0) is 19.3. The van der Waals surface area contributed by atoms with E-state index in [1.54, 1.807) is 22.9 Å². The Labute approximate surface area is 156 Å². The van der Waals surface area contributed by atoms with Gasteiger partial charge in [-0.2, -0.15) is 0 Å². The second-order valence-corrected chi connectivity index (χ2v) is 7.39. The van der Waals surface area contributed by atoms with Gasteiger partial charge < -0.3 is 24.6 Å². The molecule has 4 rings (SSSR count). The van der Waals surface area contributed by atoms with Crippen molar-refractivity contribution in [3.05, 3.63) is 59.7 Å². The van der Waals surface area contributed by atoms with Crippen molar-refractivity contribution in [1.29, 1.82) is 0 Å². The van der Waals surface area contributed by atoms with E-state index in [0.29, 0.717) is 11.2 Å². The highest BCUT2D eigenvalue weighted by molar-refractivity contribution is 5.78. The number of hydrogen-bond acceptors (Lipinski definition) is 6. The molecule has 5 atom stereocenters. The van der Waals surface area contributed by atoms with Crippen molar-refractivity contribution in [3.8, 4) is 0 Å². The largest absolute Gasteiger partial charge is 0.386 e. The Kier molecular flexibility index (Phi) is 4.27. The molecule has 142 valence electrons. The van der Waals surface area contributed by atoms with E-state index in [-0.39, 0.29) is 0 Å². The van der Waals surface area contributed by atoms with E-state index >= 15 is 0 Å². The van der Waals surface area contributed by atoms with Gasteiger partial charge in [0.1, 0.15) is 35.9 Å². The molecular formula is C20H23N3O4. The summed E-state index contributed by atoms with van der Waals surface area (Å²) in [7, 11) is 0. The number of fused-ring (bicyclic) bond motifs is 1. The van der Waals surface area contributed by atoms with Crippen LogP contribution in [0, 0.1) is 13.8 Å². The van der Waals surface area contributed by atoms with Crippen molar-refractivity contribution in [3.63, 3.8) is 0 Å². The third kappa shape index (κ3) is 2.83. The minimum atomic E-state index is -1.65. The van der Waals surface area contributed by atoms with E-state index in [2.05, 4.69) is 9.97 Å². The number of benzene rings is 1. The fraction of sp³-hybridized carbons (Fsp3) is 0.400. The molecule has 1 aliphatic heterocycles. The molecule has 7 nitrogen and oxygen atoms in total. The summed E-state index contributed by atoms with van der Waals surface area (Å²) in [6.45, 7) is 5.31. The van der Waals surface area contributed by atoms with E-state index < -0.39 is 30.1 Å². The van der Waals surface area contributed by atoms with Gasteiger partial charge in [0.05, 0.1) is 5.69 Å². The standard InChI is InChI=1S/C20H23N3O4/c1-11-4-6-13(7-5-11)15(24)17-20(3,26)16(25)19(27-17)23-9-8-14-12(2)21-10-22-18(14)23/h4-10,15-17,19,24-26H,1-3H3/t15-,16-,17+,19+,20-/m0/s1. The molecule has 0 bridgehead atoms. The van der Waals surface area contributed by atoms with Crippen LogP contribution in [-0.2, 0) is 4.74 Å². The molecule has 1 saturated heterocycles. The van der Waals surface area contributed by atoms with Crippen molar-refractivity contribution < 1.29 is 20.1 Å². The Morgan fingerprint density at radius 3 is 2.56 bits per heavy atom. The molecule has 1 fully saturated rings. The Balaban J connectivity index is 1.70. The quantitative estimate of drug-likeness (QED) is 0.651. The number of ether oxygens (including phenoxy) is 1. The molecular weight excluding hydrogens is 346 g/mol. The average molecular weight is 369 g/mol. The molecule has 0 radical (unpaired) electrons. The van der Waals surface area contributed by atoms with Gasteiger partial charge in [-0.1, -0.05) is 29.8 Å². The summed E-state index contributed by atoms with van der Waals surface area (Å²) in [5.74, 6) is 0. The third-order valence-corrected chi connectivity index (χ3v) is 5.42. The highest BCUT2D eigenvalue weighted by Crippen LogP contribution is 2.43. The number of nitrogens with zero attached hydrogens (tertiary/aromatic N) is 3. The van der Waals surface area contributed by atoms with Gasteiger partial charge in [0.15, 0.2) is 6.23 Å². The highest BCUT2D eigenvalue weighted by atomic mass is 16.6. The lowest BCUT2D eigenvalue weighted by Crippen LogP contribution is -2.47. The van der Waals surface area contributed by atoms with Gasteiger partial charge in [-0.05, 0) is 32.4 Å². The first-order valence-electron chi connectivity index (χ1n) is 8.89. The normalized spacial score (nSPS) is 29.3. The maximum Gasteiger partial charge on any atom is 0.164 e. The lowest BCUT2D eigenvalue weighted by Gasteiger charge is -2.29. The molecule has 3 heterocycles. The van der Waals surface area contributed by atoms with Gasteiger partial charge in [0, 0.05) is 11.6 Å². The van der Waals surface area contributed by atoms with E-state index in [1.807, 2.05) is 32.0 Å². The van der Waals surface area contributed by atoms with Gasteiger partial charge in [-0.25, -0.2) is 9.97 Å². The van der Waals surface area contributed by atoms with Gasteiger partial charge in [-0.3, -0.25) is 0 Å². The number of aliphatic hydroxyl groups is 3. The first-order chi connectivity index (χ1) is 12.8. The second kappa shape index (κ2) is 6.38. The van der Waals surface area contributed by atoms with Gasteiger partial charge in [0.25, 0.3) is 0 Å². The van der Waals surface area contributed by atoms with E-state index in [0.717, 1.165) is 16.6 Å². The summed E-state index contributed by atoms with van der Waals surface area (Å²) in [6, 6.07) is 9.20. The maximum atomic E-state index is 10.9. The first-order valence-corrected chi connectivity index (χ1v) is 8.89. The number of aromatic nitrogens is 3. The Hall–Kier alpha value is -2.32. The summed E-state index contributed by atoms with van der Waals surface area (Å²) in [6.07, 6.45) is -1.01. The summed E-state index contributed by atoms with van der Waals surface area (Å²) in [4.78, 5) is 8.45. The van der Waals surface area contributed by atoms with Crippen molar-refractivity contribution >= 4 is 11.0 Å². The molecule has 7 heteroatoms. The Morgan fingerprint density at radius 1 is 1.15 bits per heavy atom. The number of rotatable bonds is 3. The molecule has 2 aromatic heterocycles. The lowest BCUT2D eigenvalue weighted by molar-refractivity contribution is -0.115. The molecule has 0 aliphatic carbocycles. The SMILES string of the molecule is Cc1ccc([C@H](O)[C@H]2O[C@@H](n3ccc4c(C)ncnc43)[C@H](O)[C@]2(C)O)cc1. The van der Waals surface area contributed by atoms with Gasteiger partial charge >= 0.3 is 0 Å². The number of aliphatic hydroxyl groups excluding tert-OH is 2. The predicted octanol–water partition coefficient (Wildman–Crippen LogP) is 1.79. The van der Waals surface area contributed by atoms with E-state index in [9.17, 15) is 15.3 Å². The van der Waals surface area contributed by atoms with Crippen LogP contribution in [0.2, 0.25) is 0 Å². The smallest absolute Gasteiger partial charge is 0.164 e. The second-order valence-electron chi connectivity index (χ2n) is 7.39. The molecule has 3 N–H and O–H groups in total. The van der Waals surface area contributed by atoms with Crippen LogP contribution in [0.4, 0.5) is 0 Å². The van der Waals surface area contributed by atoms with Crippen LogP contribution >= 0.6 is 0 Å². The minimum absolute atomic E-state index is 0.604. The molecule has 0 spiro atoms. The average Bonchev–Trinajstić information content (AvgIpc) is 3.16.